The van der Waals surface area contributed by atoms with Crippen molar-refractivity contribution in [2.75, 3.05) is 5.75 Å². The highest BCUT2D eigenvalue weighted by Crippen LogP contribution is 2.37. The lowest BCUT2D eigenvalue weighted by Gasteiger charge is -2.30. The Morgan fingerprint density at radius 3 is 2.44 bits per heavy atom. The molecule has 0 unspecified atom stereocenters. The number of hydrogen-bond donors (Lipinski definition) is 0. The number of benzene rings is 1. The van der Waals surface area contributed by atoms with E-state index in [1.165, 1.54) is 30.2 Å². The van der Waals surface area contributed by atoms with Crippen LogP contribution in [0.15, 0.2) is 41.7 Å². The molecule has 0 aliphatic heterocycles. The van der Waals surface area contributed by atoms with E-state index in [1.807, 2.05) is 38.7 Å². The van der Waals surface area contributed by atoms with Gasteiger partial charge in [0.1, 0.15) is 17.2 Å². The highest BCUT2D eigenvalue weighted by molar-refractivity contribution is 8.00. The van der Waals surface area contributed by atoms with Gasteiger partial charge in [0.05, 0.1) is 16.0 Å². The Bertz CT molecular complexity index is 930. The maximum atomic E-state index is 13.2. The number of carbonyl (C=O) groups is 1. The zero-order valence-corrected chi connectivity index (χ0v) is 17.4. The quantitative estimate of drug-likeness (QED) is 0.417. The van der Waals surface area contributed by atoms with Crippen molar-refractivity contribution in [2.24, 2.45) is 0 Å². The van der Waals surface area contributed by atoms with Crippen molar-refractivity contribution < 1.29 is 9.18 Å². The SMILES string of the molecule is CC(C)N(C(=O)CSc1ncnc2cc(-c3ccc(F)cc3)sc12)C(C)C. The number of carbonyl (C=O) groups excluding carboxylic acids is 1. The number of amides is 1. The molecule has 0 aliphatic carbocycles. The van der Waals surface area contributed by atoms with E-state index in [0.29, 0.717) is 5.75 Å². The summed E-state index contributed by atoms with van der Waals surface area (Å²) in [4.78, 5) is 24.2. The van der Waals surface area contributed by atoms with Crippen molar-refractivity contribution in [3.63, 3.8) is 0 Å². The van der Waals surface area contributed by atoms with Gasteiger partial charge in [-0.25, -0.2) is 14.4 Å². The van der Waals surface area contributed by atoms with Crippen LogP contribution in [-0.2, 0) is 4.79 Å². The van der Waals surface area contributed by atoms with Crippen molar-refractivity contribution >= 4 is 39.2 Å². The molecule has 4 nitrogen and oxygen atoms in total. The Morgan fingerprint density at radius 1 is 1.15 bits per heavy atom. The van der Waals surface area contributed by atoms with E-state index in [-0.39, 0.29) is 23.8 Å². The molecule has 3 rings (SSSR count). The molecule has 0 bridgehead atoms. The lowest BCUT2D eigenvalue weighted by atomic mass is 10.2. The summed E-state index contributed by atoms with van der Waals surface area (Å²) in [6.07, 6.45) is 1.53. The lowest BCUT2D eigenvalue weighted by molar-refractivity contribution is -0.131. The van der Waals surface area contributed by atoms with Gasteiger partial charge in [0.2, 0.25) is 5.91 Å². The van der Waals surface area contributed by atoms with Crippen LogP contribution >= 0.6 is 23.1 Å². The lowest BCUT2D eigenvalue weighted by Crippen LogP contribution is -2.43. The second kappa shape index (κ2) is 8.35. The Labute approximate surface area is 166 Å². The van der Waals surface area contributed by atoms with Gasteiger partial charge in [0.15, 0.2) is 0 Å². The molecule has 0 fully saturated rings. The second-order valence-electron chi connectivity index (χ2n) is 6.79. The molecular formula is C20H22FN3OS2. The zero-order chi connectivity index (χ0) is 19.6. The molecular weight excluding hydrogens is 381 g/mol. The minimum Gasteiger partial charge on any atom is -0.337 e. The van der Waals surface area contributed by atoms with E-state index in [4.69, 9.17) is 0 Å². The van der Waals surface area contributed by atoms with Gasteiger partial charge in [0.25, 0.3) is 0 Å². The first-order chi connectivity index (χ1) is 12.9. The summed E-state index contributed by atoms with van der Waals surface area (Å²) in [5.74, 6) is 0.188. The molecule has 7 heteroatoms. The van der Waals surface area contributed by atoms with Crippen LogP contribution in [0.2, 0.25) is 0 Å². The van der Waals surface area contributed by atoms with Crippen LogP contribution in [0.1, 0.15) is 27.7 Å². The smallest absolute Gasteiger partial charge is 0.233 e. The summed E-state index contributed by atoms with van der Waals surface area (Å²) in [5, 5.41) is 0.805. The molecule has 27 heavy (non-hydrogen) atoms. The predicted octanol–water partition coefficient (Wildman–Crippen LogP) is 5.23. The number of halogens is 1. The number of rotatable bonds is 6. The molecule has 0 N–H and O–H groups in total. The number of nitrogens with zero attached hydrogens (tertiary/aromatic N) is 3. The van der Waals surface area contributed by atoms with Gasteiger partial charge >= 0.3 is 0 Å². The minimum atomic E-state index is -0.255. The van der Waals surface area contributed by atoms with E-state index in [0.717, 1.165) is 25.7 Å². The van der Waals surface area contributed by atoms with Gasteiger partial charge in [0, 0.05) is 17.0 Å². The average Bonchev–Trinajstić information content (AvgIpc) is 3.04. The summed E-state index contributed by atoms with van der Waals surface area (Å²) in [6, 6.07) is 8.72. The van der Waals surface area contributed by atoms with E-state index < -0.39 is 0 Å². The van der Waals surface area contributed by atoms with Crippen LogP contribution in [0, 0.1) is 5.82 Å². The molecule has 3 aromatic rings. The molecule has 2 aromatic heterocycles. The third-order valence-electron chi connectivity index (χ3n) is 4.14. The zero-order valence-electron chi connectivity index (χ0n) is 15.8. The first kappa shape index (κ1) is 19.8. The molecule has 142 valence electrons. The molecule has 0 spiro atoms. The van der Waals surface area contributed by atoms with Crippen LogP contribution in [-0.4, -0.2) is 38.6 Å². The summed E-state index contributed by atoms with van der Waals surface area (Å²) in [7, 11) is 0. The topological polar surface area (TPSA) is 46.1 Å². The first-order valence-corrected chi connectivity index (χ1v) is 10.6. The molecule has 2 heterocycles. The number of thiophene rings is 1. The molecule has 1 aromatic carbocycles. The largest absolute Gasteiger partial charge is 0.337 e. The van der Waals surface area contributed by atoms with E-state index in [9.17, 15) is 9.18 Å². The van der Waals surface area contributed by atoms with E-state index in [1.54, 1.807) is 23.5 Å². The number of hydrogen-bond acceptors (Lipinski definition) is 5. The number of aromatic nitrogens is 2. The average molecular weight is 404 g/mol. The van der Waals surface area contributed by atoms with Crippen LogP contribution in [0.5, 0.6) is 0 Å². The van der Waals surface area contributed by atoms with Gasteiger partial charge in [-0.15, -0.1) is 11.3 Å². The van der Waals surface area contributed by atoms with Crippen molar-refractivity contribution in [2.45, 2.75) is 44.8 Å². The van der Waals surface area contributed by atoms with Crippen LogP contribution in [0.3, 0.4) is 0 Å². The van der Waals surface area contributed by atoms with Crippen molar-refractivity contribution in [3.05, 3.63) is 42.5 Å². The Hall–Kier alpha value is -1.99. The van der Waals surface area contributed by atoms with Gasteiger partial charge < -0.3 is 4.90 Å². The third-order valence-corrected chi connectivity index (χ3v) is 6.42. The maximum Gasteiger partial charge on any atom is 0.233 e. The van der Waals surface area contributed by atoms with Crippen LogP contribution in [0.4, 0.5) is 4.39 Å². The molecule has 0 atom stereocenters. The van der Waals surface area contributed by atoms with Gasteiger partial charge in [-0.3, -0.25) is 4.79 Å². The normalized spacial score (nSPS) is 11.5. The van der Waals surface area contributed by atoms with E-state index >= 15 is 0 Å². The fourth-order valence-corrected chi connectivity index (χ4v) is 5.14. The Balaban J connectivity index is 1.83. The Kier molecular flexibility index (Phi) is 6.11. The van der Waals surface area contributed by atoms with Crippen LogP contribution < -0.4 is 0 Å². The molecule has 1 amide bonds. The highest BCUT2D eigenvalue weighted by Gasteiger charge is 2.21. The summed E-state index contributed by atoms with van der Waals surface area (Å²) in [6.45, 7) is 8.11. The van der Waals surface area contributed by atoms with Crippen molar-refractivity contribution in [3.8, 4) is 10.4 Å². The number of fused-ring (bicyclic) bond motifs is 1. The highest BCUT2D eigenvalue weighted by atomic mass is 32.2. The molecule has 0 saturated heterocycles. The van der Waals surface area contributed by atoms with Crippen LogP contribution in [0.25, 0.3) is 20.7 Å². The van der Waals surface area contributed by atoms with Crippen molar-refractivity contribution in [1.29, 1.82) is 0 Å². The molecule has 0 saturated carbocycles. The van der Waals surface area contributed by atoms with E-state index in [2.05, 4.69) is 9.97 Å². The molecule has 0 radical (unpaired) electrons. The van der Waals surface area contributed by atoms with Gasteiger partial charge in [-0.1, -0.05) is 23.9 Å². The van der Waals surface area contributed by atoms with Crippen molar-refractivity contribution in [1.82, 2.24) is 14.9 Å². The standard InChI is InChI=1S/C20H22FN3OS2/c1-12(2)24(13(3)4)18(25)10-26-20-19-16(22-11-23-20)9-17(27-19)14-5-7-15(21)8-6-14/h5-9,11-13H,10H2,1-4H3. The maximum absolute atomic E-state index is 13.2. The first-order valence-electron chi connectivity index (χ1n) is 8.81. The second-order valence-corrected chi connectivity index (χ2v) is 8.80. The summed E-state index contributed by atoms with van der Waals surface area (Å²) < 4.78 is 14.1. The summed E-state index contributed by atoms with van der Waals surface area (Å²) in [5.41, 5.74) is 1.78. The Morgan fingerprint density at radius 2 is 1.81 bits per heavy atom. The third kappa shape index (κ3) is 4.47. The summed E-state index contributed by atoms with van der Waals surface area (Å²) >= 11 is 3.00. The monoisotopic (exact) mass is 403 g/mol. The van der Waals surface area contributed by atoms with Gasteiger partial charge in [-0.2, -0.15) is 0 Å². The fourth-order valence-electron chi connectivity index (χ4n) is 3.07. The molecule has 0 aliphatic rings. The predicted molar refractivity (Wildman–Crippen MR) is 111 cm³/mol. The van der Waals surface area contributed by atoms with Gasteiger partial charge in [-0.05, 0) is 51.5 Å². The minimum absolute atomic E-state index is 0.104. The number of thioether (sulfide) groups is 1. The fraction of sp³-hybridized carbons (Fsp3) is 0.350.